The van der Waals surface area contributed by atoms with Crippen molar-refractivity contribution in [3.05, 3.63) is 190 Å². The van der Waals surface area contributed by atoms with Crippen LogP contribution < -0.4 is 35.0 Å². The van der Waals surface area contributed by atoms with Crippen molar-refractivity contribution in [2.75, 3.05) is 26.4 Å². The second-order valence-electron chi connectivity index (χ2n) is 17.8. The molecule has 0 radical (unpaired) electrons. The maximum absolute atomic E-state index is 6.24. The van der Waals surface area contributed by atoms with Crippen molar-refractivity contribution >= 4 is 34.2 Å². The third-order valence-corrected chi connectivity index (χ3v) is 12.9. The molecule has 4 aliphatic rings. The molecule has 1 aromatic heterocycles. The second-order valence-corrected chi connectivity index (χ2v) is 17.8. The Kier molecular flexibility index (Phi) is 14.7. The number of nitrogens with one attached hydrogen (secondary N) is 2. The van der Waals surface area contributed by atoms with Crippen LogP contribution in [-0.2, 0) is 5.54 Å². The number of unbranched alkanes of at least 4 members (excludes halogenated alkanes) is 4. The van der Waals surface area contributed by atoms with Gasteiger partial charge >= 0.3 is 0 Å². The van der Waals surface area contributed by atoms with Crippen molar-refractivity contribution in [1.82, 2.24) is 10.3 Å². The van der Waals surface area contributed by atoms with Crippen molar-refractivity contribution < 1.29 is 18.9 Å². The van der Waals surface area contributed by atoms with Gasteiger partial charge in [0, 0.05) is 33.1 Å². The standard InChI is InChI=1S/C60H64N4O4/c1-5-9-37-65-48-23-13-42(14-24-48)57-52-31-21-46(61-52)41-47-22-32-53(62-47)58(43-15-25-49(26-16-43)66-38-10-6-2)55-35-36-60(64-55,45-19-29-51(30-20-45)68-40-12-8-4)59(56-34-33-54(57)63-56)44-17-27-50(28-18-44)67-39-11-7-3/h13-35,41,61,64H,5-12,36-40H2,1-4H3. The van der Waals surface area contributed by atoms with Crippen LogP contribution in [0.2, 0.25) is 0 Å². The first kappa shape index (κ1) is 46.1. The minimum Gasteiger partial charge on any atom is -0.494 e. The molecule has 8 nitrogen and oxygen atoms in total. The van der Waals surface area contributed by atoms with Gasteiger partial charge in [0.15, 0.2) is 0 Å². The lowest BCUT2D eigenvalue weighted by molar-refractivity contribution is 0.309. The van der Waals surface area contributed by atoms with E-state index in [4.69, 9.17) is 28.9 Å². The monoisotopic (exact) mass is 904 g/mol. The fourth-order valence-corrected chi connectivity index (χ4v) is 9.11. The summed E-state index contributed by atoms with van der Waals surface area (Å²) in [6.07, 6.45) is 22.0. The van der Waals surface area contributed by atoms with E-state index in [2.05, 4.69) is 184 Å². The number of nitrogens with zero attached hydrogens (tertiary/aromatic N) is 2. The second kappa shape index (κ2) is 21.7. The zero-order chi connectivity index (χ0) is 46.7. The van der Waals surface area contributed by atoms with Crippen LogP contribution in [0.3, 0.4) is 0 Å². The summed E-state index contributed by atoms with van der Waals surface area (Å²) in [5, 5.41) is 6.13. The van der Waals surface area contributed by atoms with Gasteiger partial charge in [0.1, 0.15) is 23.0 Å². The molecule has 0 amide bonds. The van der Waals surface area contributed by atoms with Gasteiger partial charge in [-0.15, -0.1) is 0 Å². The summed E-state index contributed by atoms with van der Waals surface area (Å²) < 4.78 is 24.7. The third-order valence-electron chi connectivity index (χ3n) is 12.9. The summed E-state index contributed by atoms with van der Waals surface area (Å²) in [5.74, 6) is 3.41. The van der Waals surface area contributed by atoms with Crippen molar-refractivity contribution in [2.24, 2.45) is 9.98 Å². The molecular weight excluding hydrogens is 841 g/mol. The first-order valence-corrected chi connectivity index (χ1v) is 24.8. The van der Waals surface area contributed by atoms with E-state index in [1.165, 1.54) is 0 Å². The fourth-order valence-electron chi connectivity index (χ4n) is 9.11. The lowest BCUT2D eigenvalue weighted by Gasteiger charge is -2.36. The van der Waals surface area contributed by atoms with E-state index in [1.54, 1.807) is 0 Å². The third kappa shape index (κ3) is 10.2. The summed E-state index contributed by atoms with van der Waals surface area (Å²) in [6, 6.07) is 38.4. The van der Waals surface area contributed by atoms with Gasteiger partial charge in [-0.05, 0) is 145 Å². The number of H-pyrrole nitrogens is 1. The van der Waals surface area contributed by atoms with Crippen molar-refractivity contribution in [3.63, 3.8) is 0 Å². The molecule has 0 spiro atoms. The molecule has 0 fully saturated rings. The predicted octanol–water partition coefficient (Wildman–Crippen LogP) is 12.3. The molecule has 8 bridgehead atoms. The number of aromatic amines is 1. The average Bonchev–Trinajstić information content (AvgIpc) is 4.21. The topological polar surface area (TPSA) is 89.5 Å². The smallest absolute Gasteiger partial charge is 0.119 e. The molecule has 0 aliphatic carbocycles. The summed E-state index contributed by atoms with van der Waals surface area (Å²) in [6.45, 7) is 11.5. The molecule has 1 unspecified atom stereocenters. The molecule has 5 heterocycles. The Morgan fingerprint density at radius 3 is 1.54 bits per heavy atom. The van der Waals surface area contributed by atoms with Gasteiger partial charge in [-0.25, -0.2) is 9.98 Å². The summed E-state index contributed by atoms with van der Waals surface area (Å²) >= 11 is 0. The highest BCUT2D eigenvalue weighted by Gasteiger charge is 2.43. The van der Waals surface area contributed by atoms with Gasteiger partial charge in [0.2, 0.25) is 0 Å². The number of fused-ring (bicyclic) bond motifs is 6. The first-order valence-electron chi connectivity index (χ1n) is 24.8. The Morgan fingerprint density at radius 1 is 0.500 bits per heavy atom. The largest absolute Gasteiger partial charge is 0.494 e. The zero-order valence-electron chi connectivity index (χ0n) is 40.1. The maximum Gasteiger partial charge on any atom is 0.119 e. The summed E-state index contributed by atoms with van der Waals surface area (Å²) in [4.78, 5) is 14.7. The van der Waals surface area contributed by atoms with Crippen LogP contribution in [0.1, 0.15) is 108 Å². The molecule has 68 heavy (non-hydrogen) atoms. The number of hydrogen-bond donors (Lipinski definition) is 2. The number of aliphatic imine (C=N–C) groups is 2. The molecule has 348 valence electrons. The van der Waals surface area contributed by atoms with Gasteiger partial charge in [-0.1, -0.05) is 108 Å². The number of benzene rings is 4. The minimum absolute atomic E-state index is 0.641. The lowest BCUT2D eigenvalue weighted by Crippen LogP contribution is -2.39. The highest BCUT2D eigenvalue weighted by atomic mass is 16.5. The highest BCUT2D eigenvalue weighted by molar-refractivity contribution is 6.30. The number of ether oxygens (including phenoxy) is 4. The van der Waals surface area contributed by atoms with E-state index >= 15 is 0 Å². The Balaban J connectivity index is 1.27. The van der Waals surface area contributed by atoms with E-state index in [0.717, 1.165) is 153 Å². The first-order chi connectivity index (χ1) is 33.5. The van der Waals surface area contributed by atoms with Gasteiger partial charge < -0.3 is 29.2 Å². The van der Waals surface area contributed by atoms with Crippen molar-refractivity contribution in [2.45, 2.75) is 91.0 Å². The van der Waals surface area contributed by atoms with Gasteiger partial charge in [-0.2, -0.15) is 0 Å². The summed E-state index contributed by atoms with van der Waals surface area (Å²) in [7, 11) is 0. The van der Waals surface area contributed by atoms with E-state index < -0.39 is 5.54 Å². The Bertz CT molecular complexity index is 2910. The number of rotatable bonds is 20. The quantitative estimate of drug-likeness (QED) is 0.0760. The van der Waals surface area contributed by atoms with E-state index in [0.29, 0.717) is 32.8 Å². The molecule has 9 rings (SSSR count). The molecule has 0 saturated carbocycles. The van der Waals surface area contributed by atoms with Crippen LogP contribution in [0.4, 0.5) is 0 Å². The number of aromatic nitrogens is 1. The fraction of sp³-hybridized carbons (Fsp3) is 0.300. The van der Waals surface area contributed by atoms with Crippen LogP contribution in [0.15, 0.2) is 167 Å². The number of allylic oxidation sites excluding steroid dienone is 5. The Hall–Kier alpha value is -7.06. The van der Waals surface area contributed by atoms with Crippen LogP contribution in [-0.4, -0.2) is 42.8 Å². The molecule has 8 heteroatoms. The van der Waals surface area contributed by atoms with Gasteiger partial charge in [0.25, 0.3) is 0 Å². The molecule has 2 N–H and O–H groups in total. The van der Waals surface area contributed by atoms with Gasteiger partial charge in [-0.3, -0.25) is 0 Å². The Labute approximate surface area is 401 Å². The van der Waals surface area contributed by atoms with Crippen LogP contribution in [0.25, 0.3) is 22.8 Å². The lowest BCUT2D eigenvalue weighted by atomic mass is 9.77. The average molecular weight is 905 g/mol. The van der Waals surface area contributed by atoms with Crippen LogP contribution in [0, 0.1) is 0 Å². The van der Waals surface area contributed by atoms with E-state index in [-0.39, 0.29) is 0 Å². The molecular formula is C60H64N4O4. The molecule has 1 atom stereocenters. The maximum atomic E-state index is 6.24. The Morgan fingerprint density at radius 2 is 1.00 bits per heavy atom. The molecule has 5 aromatic rings. The zero-order valence-corrected chi connectivity index (χ0v) is 40.1. The molecule has 4 aliphatic heterocycles. The van der Waals surface area contributed by atoms with Crippen LogP contribution >= 0.6 is 0 Å². The molecule has 4 aromatic carbocycles. The normalized spacial score (nSPS) is 17.2. The SMILES string of the molecule is CCCCOc1ccc(C2=C3C=CC(=N3)C=c3ccc([nH]3)=C(c3ccc(OCCCC)cc3)C3=NC(=C(c4ccc(OCCCC)cc4)C4(c5ccc(OCCCC)cc5)CC=C2N4)C=C3)cc1. The van der Waals surface area contributed by atoms with E-state index in [9.17, 15) is 0 Å². The van der Waals surface area contributed by atoms with E-state index in [1.807, 2.05) is 0 Å². The van der Waals surface area contributed by atoms with Crippen molar-refractivity contribution in [3.8, 4) is 23.0 Å². The van der Waals surface area contributed by atoms with Crippen molar-refractivity contribution in [1.29, 1.82) is 0 Å². The number of hydrogen-bond acceptors (Lipinski definition) is 7. The molecule has 0 saturated heterocycles. The summed E-state index contributed by atoms with van der Waals surface area (Å²) in [5.41, 5.74) is 11.0. The van der Waals surface area contributed by atoms with Crippen LogP contribution in [0.5, 0.6) is 23.0 Å². The van der Waals surface area contributed by atoms with Gasteiger partial charge in [0.05, 0.1) is 54.8 Å². The predicted molar refractivity (Wildman–Crippen MR) is 279 cm³/mol. The highest BCUT2D eigenvalue weighted by Crippen LogP contribution is 2.49. The minimum atomic E-state index is -0.773.